The number of hydrogen-bond acceptors (Lipinski definition) is 4. The molecule has 2 atom stereocenters. The number of methoxy groups -OCH3 is 1. The van der Waals surface area contributed by atoms with Crippen molar-refractivity contribution in [2.75, 3.05) is 13.9 Å². The second-order valence-corrected chi connectivity index (χ2v) is 2.91. The minimum absolute atomic E-state index is 0.0228. The Morgan fingerprint density at radius 3 is 2.62 bits per heavy atom. The Balaban J connectivity index is 3.45. The van der Waals surface area contributed by atoms with Crippen molar-refractivity contribution in [2.24, 2.45) is 5.73 Å². The van der Waals surface area contributed by atoms with Crippen molar-refractivity contribution in [1.82, 2.24) is 0 Å². The Morgan fingerprint density at radius 1 is 1.54 bits per heavy atom. The fraction of sp³-hybridized carbons (Fsp3) is 0.875. The summed E-state index contributed by atoms with van der Waals surface area (Å²) in [6.07, 6.45) is 1.02. The molecule has 5 heteroatoms. The van der Waals surface area contributed by atoms with Crippen molar-refractivity contribution in [3.63, 3.8) is 0 Å². The molecule has 0 heterocycles. The summed E-state index contributed by atoms with van der Waals surface area (Å²) in [6.45, 7) is 2.08. The zero-order valence-electron chi connectivity index (χ0n) is 8.03. The van der Waals surface area contributed by atoms with Gasteiger partial charge in [0.2, 0.25) is 0 Å². The minimum Gasteiger partial charge on any atom is -0.480 e. The number of carboxylic acids is 1. The Hall–Kier alpha value is -0.650. The van der Waals surface area contributed by atoms with Gasteiger partial charge in [0.1, 0.15) is 12.8 Å². The maximum Gasteiger partial charge on any atom is 0.320 e. The molecule has 0 amide bonds. The molecule has 0 aromatic carbocycles. The average molecular weight is 191 g/mol. The van der Waals surface area contributed by atoms with E-state index in [4.69, 9.17) is 20.3 Å². The predicted molar refractivity (Wildman–Crippen MR) is 47.3 cm³/mol. The second kappa shape index (κ2) is 6.82. The molecule has 1 unspecified atom stereocenters. The van der Waals surface area contributed by atoms with E-state index in [0.717, 1.165) is 0 Å². The minimum atomic E-state index is -0.973. The standard InChI is InChI=1S/C8H17NO4/c1-6(13-5-12-2)3-4-7(9)8(10)11/h6-7H,3-5,9H2,1-2H3,(H,10,11)/t6?,7-/m0/s1. The first-order chi connectivity index (χ1) is 6.07. The van der Waals surface area contributed by atoms with Crippen LogP contribution in [0.3, 0.4) is 0 Å². The molecule has 0 rings (SSSR count). The predicted octanol–water partition coefficient (Wildman–Crippen LogP) is 0.188. The molecule has 78 valence electrons. The zero-order chi connectivity index (χ0) is 10.3. The third-order valence-corrected chi connectivity index (χ3v) is 1.67. The topological polar surface area (TPSA) is 81.8 Å². The van der Waals surface area contributed by atoms with Gasteiger partial charge in [-0.2, -0.15) is 0 Å². The molecule has 0 aliphatic rings. The molecule has 0 aliphatic heterocycles. The van der Waals surface area contributed by atoms with E-state index in [2.05, 4.69) is 0 Å². The number of carbonyl (C=O) groups is 1. The Labute approximate surface area is 77.8 Å². The molecular weight excluding hydrogens is 174 g/mol. The van der Waals surface area contributed by atoms with Crippen LogP contribution in [0, 0.1) is 0 Å². The van der Waals surface area contributed by atoms with Crippen molar-refractivity contribution in [2.45, 2.75) is 31.9 Å². The van der Waals surface area contributed by atoms with E-state index in [0.29, 0.717) is 12.8 Å². The lowest BCUT2D eigenvalue weighted by Crippen LogP contribution is -2.31. The van der Waals surface area contributed by atoms with Gasteiger partial charge in [-0.25, -0.2) is 0 Å². The van der Waals surface area contributed by atoms with E-state index in [1.165, 1.54) is 7.11 Å². The number of carboxylic acid groups (broad SMARTS) is 1. The Morgan fingerprint density at radius 2 is 2.15 bits per heavy atom. The third-order valence-electron chi connectivity index (χ3n) is 1.67. The molecule has 0 saturated heterocycles. The smallest absolute Gasteiger partial charge is 0.320 e. The van der Waals surface area contributed by atoms with Gasteiger partial charge >= 0.3 is 5.97 Å². The summed E-state index contributed by atoms with van der Waals surface area (Å²) in [5.41, 5.74) is 5.31. The lowest BCUT2D eigenvalue weighted by Gasteiger charge is -2.13. The summed E-state index contributed by atoms with van der Waals surface area (Å²) in [5.74, 6) is -0.973. The van der Waals surface area contributed by atoms with Gasteiger partial charge < -0.3 is 20.3 Å². The molecule has 0 aliphatic carbocycles. The van der Waals surface area contributed by atoms with Crippen LogP contribution in [0.4, 0.5) is 0 Å². The molecule has 0 fully saturated rings. The van der Waals surface area contributed by atoms with Gasteiger partial charge in [0.15, 0.2) is 0 Å². The number of hydrogen-bond donors (Lipinski definition) is 2. The molecule has 0 saturated carbocycles. The van der Waals surface area contributed by atoms with Crippen LogP contribution in [-0.2, 0) is 14.3 Å². The van der Waals surface area contributed by atoms with Crippen molar-refractivity contribution >= 4 is 5.97 Å². The highest BCUT2D eigenvalue weighted by molar-refractivity contribution is 5.72. The van der Waals surface area contributed by atoms with Crippen LogP contribution in [0.1, 0.15) is 19.8 Å². The molecule has 13 heavy (non-hydrogen) atoms. The van der Waals surface area contributed by atoms with Crippen molar-refractivity contribution in [3.8, 4) is 0 Å². The number of nitrogens with two attached hydrogens (primary N) is 1. The summed E-state index contributed by atoms with van der Waals surface area (Å²) in [4.78, 5) is 10.3. The maximum absolute atomic E-state index is 10.3. The van der Waals surface area contributed by atoms with E-state index in [9.17, 15) is 4.79 Å². The number of rotatable bonds is 7. The molecule has 0 aromatic heterocycles. The van der Waals surface area contributed by atoms with E-state index < -0.39 is 12.0 Å². The molecule has 5 nitrogen and oxygen atoms in total. The zero-order valence-corrected chi connectivity index (χ0v) is 8.03. The van der Waals surface area contributed by atoms with Crippen LogP contribution in [0.25, 0.3) is 0 Å². The summed E-state index contributed by atoms with van der Waals surface area (Å²) in [5, 5.41) is 8.48. The largest absolute Gasteiger partial charge is 0.480 e. The van der Waals surface area contributed by atoms with E-state index >= 15 is 0 Å². The van der Waals surface area contributed by atoms with Crippen molar-refractivity contribution in [1.29, 1.82) is 0 Å². The van der Waals surface area contributed by atoms with Crippen LogP contribution < -0.4 is 5.73 Å². The molecule has 0 aromatic rings. The summed E-state index contributed by atoms with van der Waals surface area (Å²) < 4.78 is 9.85. The van der Waals surface area contributed by atoms with Gasteiger partial charge in [-0.05, 0) is 19.8 Å². The highest BCUT2D eigenvalue weighted by Gasteiger charge is 2.12. The van der Waals surface area contributed by atoms with Gasteiger partial charge in [-0.1, -0.05) is 0 Å². The lowest BCUT2D eigenvalue weighted by atomic mass is 10.1. The third kappa shape index (κ3) is 6.51. The van der Waals surface area contributed by atoms with Crippen LogP contribution in [0.5, 0.6) is 0 Å². The van der Waals surface area contributed by atoms with Gasteiger partial charge in [-0.3, -0.25) is 4.79 Å². The van der Waals surface area contributed by atoms with Crippen LogP contribution >= 0.6 is 0 Å². The summed E-state index contributed by atoms with van der Waals surface area (Å²) in [6, 6.07) is -0.798. The first-order valence-corrected chi connectivity index (χ1v) is 4.16. The first-order valence-electron chi connectivity index (χ1n) is 4.16. The van der Waals surface area contributed by atoms with E-state index in [1.54, 1.807) is 0 Å². The Bertz CT molecular complexity index is 151. The van der Waals surface area contributed by atoms with Gasteiger partial charge in [-0.15, -0.1) is 0 Å². The maximum atomic E-state index is 10.3. The van der Waals surface area contributed by atoms with Crippen molar-refractivity contribution in [3.05, 3.63) is 0 Å². The van der Waals surface area contributed by atoms with Gasteiger partial charge in [0.05, 0.1) is 6.10 Å². The van der Waals surface area contributed by atoms with Gasteiger partial charge in [0, 0.05) is 7.11 Å². The lowest BCUT2D eigenvalue weighted by molar-refractivity contribution is -0.138. The van der Waals surface area contributed by atoms with E-state index in [-0.39, 0.29) is 12.9 Å². The molecule has 0 bridgehead atoms. The average Bonchev–Trinajstić information content (AvgIpc) is 2.10. The molecule has 0 radical (unpaired) electrons. The fourth-order valence-electron chi connectivity index (χ4n) is 0.805. The highest BCUT2D eigenvalue weighted by atomic mass is 16.7. The quantitative estimate of drug-likeness (QED) is 0.561. The normalized spacial score (nSPS) is 15.3. The second-order valence-electron chi connectivity index (χ2n) is 2.91. The van der Waals surface area contributed by atoms with Crippen LogP contribution in [-0.4, -0.2) is 37.1 Å². The fourth-order valence-corrected chi connectivity index (χ4v) is 0.805. The first kappa shape index (κ1) is 12.3. The SMILES string of the molecule is COCOC(C)CC[C@H](N)C(=O)O. The van der Waals surface area contributed by atoms with Crippen molar-refractivity contribution < 1.29 is 19.4 Å². The summed E-state index contributed by atoms with van der Waals surface area (Å²) in [7, 11) is 1.54. The van der Waals surface area contributed by atoms with Crippen LogP contribution in [0.15, 0.2) is 0 Å². The molecule has 0 spiro atoms. The van der Waals surface area contributed by atoms with Crippen LogP contribution in [0.2, 0.25) is 0 Å². The number of ether oxygens (including phenoxy) is 2. The van der Waals surface area contributed by atoms with Gasteiger partial charge in [0.25, 0.3) is 0 Å². The molecule has 3 N–H and O–H groups in total. The summed E-state index contributed by atoms with van der Waals surface area (Å²) >= 11 is 0. The highest BCUT2D eigenvalue weighted by Crippen LogP contribution is 2.03. The molecular formula is C8H17NO4. The monoisotopic (exact) mass is 191 g/mol. The van der Waals surface area contributed by atoms with E-state index in [1.807, 2.05) is 6.92 Å². The Kier molecular flexibility index (Phi) is 6.48. The number of aliphatic carboxylic acids is 1.